The lowest BCUT2D eigenvalue weighted by Crippen LogP contribution is -2.35. The Balaban J connectivity index is 2.75. The summed E-state index contributed by atoms with van der Waals surface area (Å²) in [6.45, 7) is 0. The van der Waals surface area contributed by atoms with Crippen LogP contribution in [-0.2, 0) is 11.2 Å². The Kier molecular flexibility index (Phi) is 3.59. The highest BCUT2D eigenvalue weighted by molar-refractivity contribution is 7.80. The molecule has 1 aromatic rings. The average Bonchev–Trinajstić information content (AvgIpc) is 2.15. The Morgan fingerprint density at radius 3 is 2.29 bits per heavy atom. The van der Waals surface area contributed by atoms with Crippen molar-refractivity contribution in [3.05, 3.63) is 35.9 Å². The Labute approximate surface area is 88.1 Å². The summed E-state index contributed by atoms with van der Waals surface area (Å²) in [4.78, 5) is 11.2. The van der Waals surface area contributed by atoms with Gasteiger partial charge in [0.2, 0.25) is 5.91 Å². The van der Waals surface area contributed by atoms with Gasteiger partial charge in [0.05, 0.1) is 10.9 Å². The van der Waals surface area contributed by atoms with Gasteiger partial charge in [-0.2, -0.15) is 0 Å². The number of rotatable bonds is 4. The fourth-order valence-corrected chi connectivity index (χ4v) is 1.39. The summed E-state index contributed by atoms with van der Waals surface area (Å²) in [6.07, 6.45) is 0.478. The topological polar surface area (TPSA) is 69.1 Å². The van der Waals surface area contributed by atoms with Crippen LogP contribution in [0.5, 0.6) is 0 Å². The molecule has 1 unspecified atom stereocenters. The van der Waals surface area contributed by atoms with Crippen molar-refractivity contribution in [3.63, 3.8) is 0 Å². The summed E-state index contributed by atoms with van der Waals surface area (Å²) in [7, 11) is 0. The third kappa shape index (κ3) is 2.81. The van der Waals surface area contributed by atoms with E-state index in [1.54, 1.807) is 0 Å². The fraction of sp³-hybridized carbons (Fsp3) is 0.200. The molecule has 0 aliphatic heterocycles. The Morgan fingerprint density at radius 1 is 1.29 bits per heavy atom. The molecule has 0 fully saturated rings. The first kappa shape index (κ1) is 10.7. The molecule has 4 N–H and O–H groups in total. The maximum absolute atomic E-state index is 11.0. The molecule has 0 bridgehead atoms. The standard InChI is InChI=1S/C10H12N2OS/c11-9(13)8(10(12)14)6-7-4-2-1-3-5-7/h1-5,8H,6H2,(H2,11,13)(H2,12,14). The molecule has 0 heterocycles. The number of hydrogen-bond donors (Lipinski definition) is 2. The largest absolute Gasteiger partial charge is 0.393 e. The maximum atomic E-state index is 11.0. The molecule has 1 amide bonds. The third-order valence-electron chi connectivity index (χ3n) is 1.97. The molecule has 1 aromatic carbocycles. The van der Waals surface area contributed by atoms with Crippen LogP contribution in [0.2, 0.25) is 0 Å². The lowest BCUT2D eigenvalue weighted by molar-refractivity contribution is -0.119. The third-order valence-corrected chi connectivity index (χ3v) is 2.25. The molecule has 0 aliphatic rings. The van der Waals surface area contributed by atoms with Crippen LogP contribution in [0, 0.1) is 5.92 Å². The Hall–Kier alpha value is -1.42. The van der Waals surface area contributed by atoms with Crippen LogP contribution in [0.4, 0.5) is 0 Å². The summed E-state index contributed by atoms with van der Waals surface area (Å²) < 4.78 is 0. The molecule has 0 radical (unpaired) electrons. The number of thiocarbonyl (C=S) groups is 1. The van der Waals surface area contributed by atoms with E-state index in [-0.39, 0.29) is 4.99 Å². The number of hydrogen-bond acceptors (Lipinski definition) is 2. The predicted octanol–water partition coefficient (Wildman–Crippen LogP) is 0.617. The van der Waals surface area contributed by atoms with Crippen LogP contribution in [-0.4, -0.2) is 10.9 Å². The van der Waals surface area contributed by atoms with E-state index in [1.165, 1.54) is 0 Å². The number of nitrogens with two attached hydrogens (primary N) is 2. The highest BCUT2D eigenvalue weighted by Gasteiger charge is 2.18. The van der Waals surface area contributed by atoms with Gasteiger partial charge in [0, 0.05) is 0 Å². The maximum Gasteiger partial charge on any atom is 0.227 e. The zero-order valence-electron chi connectivity index (χ0n) is 7.64. The number of benzene rings is 1. The van der Waals surface area contributed by atoms with Gasteiger partial charge in [-0.25, -0.2) is 0 Å². The Bertz CT molecular complexity index is 323. The molecular weight excluding hydrogens is 196 g/mol. The molecule has 4 heteroatoms. The van der Waals surface area contributed by atoms with Gasteiger partial charge in [0.1, 0.15) is 0 Å². The normalized spacial score (nSPS) is 12.0. The second kappa shape index (κ2) is 4.72. The molecule has 0 saturated carbocycles. The molecule has 0 aromatic heterocycles. The summed E-state index contributed by atoms with van der Waals surface area (Å²) in [5.41, 5.74) is 11.6. The monoisotopic (exact) mass is 208 g/mol. The Morgan fingerprint density at radius 2 is 1.86 bits per heavy atom. The van der Waals surface area contributed by atoms with Crippen molar-refractivity contribution in [1.82, 2.24) is 0 Å². The van der Waals surface area contributed by atoms with Gasteiger partial charge in [-0.05, 0) is 12.0 Å². The summed E-state index contributed by atoms with van der Waals surface area (Å²) in [5, 5.41) is 0. The van der Waals surface area contributed by atoms with E-state index in [0.29, 0.717) is 6.42 Å². The molecule has 1 rings (SSSR count). The quantitative estimate of drug-likeness (QED) is 0.712. The molecule has 1 atom stereocenters. The highest BCUT2D eigenvalue weighted by Crippen LogP contribution is 2.08. The van der Waals surface area contributed by atoms with E-state index in [4.69, 9.17) is 23.7 Å². The number of carbonyl (C=O) groups is 1. The van der Waals surface area contributed by atoms with E-state index in [1.807, 2.05) is 30.3 Å². The van der Waals surface area contributed by atoms with Gasteiger partial charge in [0.25, 0.3) is 0 Å². The molecule has 0 saturated heterocycles. The van der Waals surface area contributed by atoms with Gasteiger partial charge >= 0.3 is 0 Å². The van der Waals surface area contributed by atoms with Gasteiger partial charge in [-0.15, -0.1) is 0 Å². The van der Waals surface area contributed by atoms with Crippen molar-refractivity contribution >= 4 is 23.1 Å². The van der Waals surface area contributed by atoms with E-state index in [2.05, 4.69) is 0 Å². The van der Waals surface area contributed by atoms with Crippen LogP contribution < -0.4 is 11.5 Å². The summed E-state index contributed by atoms with van der Waals surface area (Å²) in [5.74, 6) is -1.02. The van der Waals surface area contributed by atoms with Crippen LogP contribution in [0.1, 0.15) is 5.56 Å². The van der Waals surface area contributed by atoms with E-state index >= 15 is 0 Å². The number of amides is 1. The van der Waals surface area contributed by atoms with Gasteiger partial charge in [-0.1, -0.05) is 42.5 Å². The molecule has 14 heavy (non-hydrogen) atoms. The zero-order chi connectivity index (χ0) is 10.6. The van der Waals surface area contributed by atoms with Crippen molar-refractivity contribution in [2.24, 2.45) is 17.4 Å². The number of carbonyl (C=O) groups excluding carboxylic acids is 1. The van der Waals surface area contributed by atoms with Crippen molar-refractivity contribution in [1.29, 1.82) is 0 Å². The predicted molar refractivity (Wildman–Crippen MR) is 59.6 cm³/mol. The average molecular weight is 208 g/mol. The SMILES string of the molecule is NC(=O)C(Cc1ccccc1)C(N)=S. The van der Waals surface area contributed by atoms with Gasteiger partial charge < -0.3 is 11.5 Å². The molecule has 3 nitrogen and oxygen atoms in total. The second-order valence-corrected chi connectivity index (χ2v) is 3.52. The lowest BCUT2D eigenvalue weighted by atomic mass is 9.99. The lowest BCUT2D eigenvalue weighted by Gasteiger charge is -2.10. The van der Waals surface area contributed by atoms with Crippen molar-refractivity contribution in [2.45, 2.75) is 6.42 Å². The minimum atomic E-state index is -0.549. The van der Waals surface area contributed by atoms with Crippen molar-refractivity contribution in [2.75, 3.05) is 0 Å². The van der Waals surface area contributed by atoms with Crippen LogP contribution in [0.15, 0.2) is 30.3 Å². The van der Waals surface area contributed by atoms with E-state index in [9.17, 15) is 4.79 Å². The molecule has 74 valence electrons. The number of primary amides is 1. The summed E-state index contributed by atoms with van der Waals surface area (Å²) >= 11 is 4.77. The molecular formula is C10H12N2OS. The first-order valence-corrected chi connectivity index (χ1v) is 4.64. The van der Waals surface area contributed by atoms with Crippen molar-refractivity contribution < 1.29 is 4.79 Å². The highest BCUT2D eigenvalue weighted by atomic mass is 32.1. The molecule has 0 spiro atoms. The van der Waals surface area contributed by atoms with Crippen molar-refractivity contribution in [3.8, 4) is 0 Å². The second-order valence-electron chi connectivity index (χ2n) is 3.05. The zero-order valence-corrected chi connectivity index (χ0v) is 8.46. The van der Waals surface area contributed by atoms with Crippen LogP contribution in [0.25, 0.3) is 0 Å². The van der Waals surface area contributed by atoms with Gasteiger partial charge in [0.15, 0.2) is 0 Å². The first-order valence-electron chi connectivity index (χ1n) is 4.24. The minimum Gasteiger partial charge on any atom is -0.393 e. The van der Waals surface area contributed by atoms with Crippen LogP contribution >= 0.6 is 12.2 Å². The summed E-state index contributed by atoms with van der Waals surface area (Å²) in [6, 6.07) is 9.52. The fourth-order valence-electron chi connectivity index (χ4n) is 1.19. The van der Waals surface area contributed by atoms with E-state index < -0.39 is 11.8 Å². The van der Waals surface area contributed by atoms with Gasteiger partial charge in [-0.3, -0.25) is 4.79 Å². The molecule has 0 aliphatic carbocycles. The first-order chi connectivity index (χ1) is 6.61. The van der Waals surface area contributed by atoms with E-state index in [0.717, 1.165) is 5.56 Å². The minimum absolute atomic E-state index is 0.154. The van der Waals surface area contributed by atoms with Crippen LogP contribution in [0.3, 0.4) is 0 Å². The smallest absolute Gasteiger partial charge is 0.227 e.